The smallest absolute Gasteiger partial charge is 0.425 e. The third kappa shape index (κ3) is 8.99. The van der Waals surface area contributed by atoms with E-state index in [0.717, 1.165) is 31.0 Å². The predicted molar refractivity (Wildman–Crippen MR) is 220 cm³/mol. The van der Waals surface area contributed by atoms with Gasteiger partial charge in [0.1, 0.15) is 15.9 Å². The van der Waals surface area contributed by atoms with Gasteiger partial charge in [-0.1, -0.05) is 47.6 Å². The number of imide groups is 1. The fourth-order valence-electron chi connectivity index (χ4n) is 7.00. The second kappa shape index (κ2) is 15.9. The number of aromatic nitrogens is 4. The normalized spacial score (nSPS) is 17.3. The first-order valence-corrected chi connectivity index (χ1v) is 21.0. The number of ether oxygens (including phenoxy) is 3. The third-order valence-electron chi connectivity index (χ3n) is 9.62. The summed E-state index contributed by atoms with van der Waals surface area (Å²) in [5.41, 5.74) is 0.808. The number of methoxy groups -OCH3 is 1. The molecule has 2 amide bonds. The Morgan fingerprint density at radius 3 is 2.19 bits per heavy atom. The maximum atomic E-state index is 13.5. The van der Waals surface area contributed by atoms with Gasteiger partial charge in [-0.15, -0.1) is 4.72 Å². The quantitative estimate of drug-likeness (QED) is 0.107. The number of fused-ring (bicyclic) bond motifs is 2. The van der Waals surface area contributed by atoms with E-state index >= 15 is 0 Å². The minimum Gasteiger partial charge on any atom is -0.598 e. The monoisotopic (exact) mass is 839 g/mol. The number of piperidine rings is 1. The zero-order valence-electron chi connectivity index (χ0n) is 34.0. The molecule has 1 aliphatic heterocycles. The number of benzene rings is 1. The maximum Gasteiger partial charge on any atom is 0.425 e. The topological polar surface area (TPSA) is 164 Å². The molecule has 1 fully saturated rings. The van der Waals surface area contributed by atoms with Gasteiger partial charge in [-0.05, 0) is 98.8 Å². The van der Waals surface area contributed by atoms with Crippen LogP contribution in [0.25, 0.3) is 5.65 Å². The minimum absolute atomic E-state index is 0.00967. The molecule has 1 saturated heterocycles. The number of halogens is 1. The lowest BCUT2D eigenvalue weighted by Crippen LogP contribution is -2.50. The zero-order valence-corrected chi connectivity index (χ0v) is 36.4. The first kappa shape index (κ1) is 42.5. The number of pyridine rings is 1. The number of hydrogen-bond donors (Lipinski definition) is 1. The molecule has 6 rings (SSSR count). The van der Waals surface area contributed by atoms with Crippen LogP contribution in [-0.4, -0.2) is 78.2 Å². The van der Waals surface area contributed by atoms with E-state index in [4.69, 9.17) is 30.8 Å². The molecule has 2 atom stereocenters. The zero-order chi connectivity index (χ0) is 41.7. The summed E-state index contributed by atoms with van der Waals surface area (Å²) in [5.74, 6) is -0.389. The van der Waals surface area contributed by atoms with Gasteiger partial charge in [-0.25, -0.2) is 29.3 Å². The van der Waals surface area contributed by atoms with Crippen molar-refractivity contribution >= 4 is 70.3 Å². The molecule has 2 aliphatic rings. The lowest BCUT2D eigenvalue weighted by atomic mass is 9.73. The second-order valence-corrected chi connectivity index (χ2v) is 20.6. The van der Waals surface area contributed by atoms with Crippen molar-refractivity contribution in [2.45, 2.75) is 113 Å². The summed E-state index contributed by atoms with van der Waals surface area (Å²) < 4.78 is 34.7. The highest BCUT2D eigenvalue weighted by Gasteiger charge is 2.51. The van der Waals surface area contributed by atoms with Crippen LogP contribution in [0.4, 0.5) is 21.4 Å². The predicted octanol–water partition coefficient (Wildman–Crippen LogP) is 8.33. The van der Waals surface area contributed by atoms with Gasteiger partial charge < -0.3 is 23.7 Å². The first-order valence-electron chi connectivity index (χ1n) is 18.7. The summed E-state index contributed by atoms with van der Waals surface area (Å²) in [6, 6.07) is 9.88. The average molecular weight is 840 g/mol. The average Bonchev–Trinajstić information content (AvgIpc) is 3.71. The molecule has 14 nitrogen and oxygen atoms in total. The summed E-state index contributed by atoms with van der Waals surface area (Å²) in [5, 5.41) is -0.0711. The summed E-state index contributed by atoms with van der Waals surface area (Å²) >= 11 is 6.75. The van der Waals surface area contributed by atoms with Crippen molar-refractivity contribution in [2.75, 3.05) is 30.0 Å². The van der Waals surface area contributed by atoms with Gasteiger partial charge in [0, 0.05) is 53.4 Å². The van der Waals surface area contributed by atoms with Crippen molar-refractivity contribution in [3.63, 3.8) is 0 Å². The number of carbonyl (C=O) groups is 3. The van der Waals surface area contributed by atoms with Crippen LogP contribution < -0.4 is 14.5 Å². The molecular weight excluding hydrogens is 790 g/mol. The molecule has 306 valence electrons. The molecular formula is C40H50ClN7O7S2. The van der Waals surface area contributed by atoms with E-state index in [1.165, 1.54) is 24.4 Å². The van der Waals surface area contributed by atoms with Crippen molar-refractivity contribution in [1.82, 2.24) is 24.1 Å². The molecule has 1 N–H and O–H groups in total. The number of esters is 1. The summed E-state index contributed by atoms with van der Waals surface area (Å²) in [7, 11) is 1.28. The Labute approximate surface area is 345 Å². The van der Waals surface area contributed by atoms with Gasteiger partial charge >= 0.3 is 18.2 Å². The fraction of sp³-hybridized carbons (Fsp3) is 0.500. The number of nitrogens with one attached hydrogen (secondary N) is 1. The molecule has 0 unspecified atom stereocenters. The molecule has 17 heteroatoms. The van der Waals surface area contributed by atoms with Crippen LogP contribution in [0.2, 0.25) is 5.02 Å². The van der Waals surface area contributed by atoms with Crippen molar-refractivity contribution in [2.24, 2.45) is 5.41 Å². The number of anilines is 2. The Kier molecular flexibility index (Phi) is 11.9. The Balaban J connectivity index is 1.34. The molecule has 0 bridgehead atoms. The lowest BCUT2D eigenvalue weighted by Gasteiger charge is -2.44. The molecule has 3 aromatic heterocycles. The van der Waals surface area contributed by atoms with E-state index < -0.39 is 45.5 Å². The van der Waals surface area contributed by atoms with Gasteiger partial charge in [0.25, 0.3) is 0 Å². The molecule has 1 aromatic carbocycles. The van der Waals surface area contributed by atoms with Gasteiger partial charge in [-0.3, -0.25) is 4.40 Å². The third-order valence-corrected chi connectivity index (χ3v) is 12.8. The number of rotatable bonds is 7. The van der Waals surface area contributed by atoms with E-state index in [1.807, 2.05) is 31.2 Å². The van der Waals surface area contributed by atoms with E-state index in [1.54, 1.807) is 60.0 Å². The molecule has 0 saturated carbocycles. The van der Waals surface area contributed by atoms with Crippen LogP contribution in [0.1, 0.15) is 103 Å². The van der Waals surface area contributed by atoms with E-state index in [2.05, 4.69) is 37.8 Å². The van der Waals surface area contributed by atoms with Crippen LogP contribution in [-0.2, 0) is 32.0 Å². The molecule has 57 heavy (non-hydrogen) atoms. The molecule has 4 heterocycles. The minimum atomic E-state index is -1.27. The molecule has 1 spiro atoms. The van der Waals surface area contributed by atoms with Crippen LogP contribution in [0.5, 0.6) is 0 Å². The van der Waals surface area contributed by atoms with Gasteiger partial charge in [-0.2, -0.15) is 4.90 Å². The summed E-state index contributed by atoms with van der Waals surface area (Å²) in [4.78, 5) is 57.7. The largest absolute Gasteiger partial charge is 0.598 e. The maximum absolute atomic E-state index is 13.5. The van der Waals surface area contributed by atoms with Crippen LogP contribution in [0.3, 0.4) is 0 Å². The number of hydrogen-bond acceptors (Lipinski definition) is 13. The summed E-state index contributed by atoms with van der Waals surface area (Å²) in [6.45, 7) is 17.2. The van der Waals surface area contributed by atoms with Gasteiger partial charge in [0.15, 0.2) is 17.2 Å². The highest BCUT2D eigenvalue weighted by atomic mass is 35.5. The van der Waals surface area contributed by atoms with E-state index in [0.29, 0.717) is 39.4 Å². The van der Waals surface area contributed by atoms with Crippen LogP contribution in [0.15, 0.2) is 58.7 Å². The van der Waals surface area contributed by atoms with Crippen LogP contribution >= 0.6 is 23.4 Å². The van der Waals surface area contributed by atoms with Crippen LogP contribution in [0, 0.1) is 5.41 Å². The van der Waals surface area contributed by atoms with Crippen molar-refractivity contribution in [3.8, 4) is 0 Å². The van der Waals surface area contributed by atoms with Crippen molar-refractivity contribution in [3.05, 3.63) is 70.8 Å². The summed E-state index contributed by atoms with van der Waals surface area (Å²) in [6.07, 6.45) is 5.16. The SMILES string of the molecule is COC(=O)c1nc(N2CCC3(CC2)Cc2ccccc2[C@H]3N[S@+]([O-])C(C)(C)C)n2ccnc2c1Sc1ccnc(N(C(=O)OC(C)(C)C)C(=O)OC(C)(C)C)c1Cl. The lowest BCUT2D eigenvalue weighted by molar-refractivity contribution is 0.0427. The molecule has 4 aromatic rings. The van der Waals surface area contributed by atoms with E-state index in [-0.39, 0.29) is 28.0 Å². The highest BCUT2D eigenvalue weighted by Crippen LogP contribution is 2.53. The molecule has 1 aliphatic carbocycles. The Morgan fingerprint density at radius 2 is 1.60 bits per heavy atom. The number of imidazole rings is 1. The second-order valence-electron chi connectivity index (χ2n) is 17.2. The standard InChI is InChI=1S/C40H50ClN7O7S2/c1-37(2,3)54-35(50)48(36(51)55-38(4,5)6)31-27(41)26(15-18-42-31)56-29-28(33(49)53-10)44-34(47-22-19-43-32(29)47)46-20-16-40(17-21-46)23-24-13-11-12-14-25(24)30(40)45-57(52)39(7,8)9/h11-15,18-19,22,30,45H,16-17,20-21,23H2,1-10H3/t30-,57-/m1/s1. The van der Waals surface area contributed by atoms with Crippen molar-refractivity contribution in [1.29, 1.82) is 0 Å². The fourth-order valence-corrected chi connectivity index (χ4v) is 9.25. The Hall–Kier alpha value is -4.09. The van der Waals surface area contributed by atoms with Crippen molar-refractivity contribution < 1.29 is 33.1 Å². The van der Waals surface area contributed by atoms with Gasteiger partial charge in [0.2, 0.25) is 5.95 Å². The number of nitrogens with zero attached hydrogens (tertiary/aromatic N) is 6. The highest BCUT2D eigenvalue weighted by molar-refractivity contribution is 7.99. The number of carbonyl (C=O) groups excluding carboxylic acids is 3. The molecule has 0 radical (unpaired) electrons. The number of amides is 2. The van der Waals surface area contributed by atoms with E-state index in [9.17, 15) is 18.9 Å². The Bertz CT molecular complexity index is 2140. The van der Waals surface area contributed by atoms with Gasteiger partial charge in [0.05, 0.1) is 23.1 Å². The first-order chi connectivity index (χ1) is 26.6. The Morgan fingerprint density at radius 1 is 0.965 bits per heavy atom.